The monoisotopic (exact) mass is 362 g/mol. The zero-order chi connectivity index (χ0) is 13.0. The Labute approximate surface area is 117 Å². The van der Waals surface area contributed by atoms with E-state index in [4.69, 9.17) is 0 Å². The van der Waals surface area contributed by atoms with Gasteiger partial charge in [0.2, 0.25) is 0 Å². The molecule has 1 aromatic carbocycles. The van der Waals surface area contributed by atoms with Crippen LogP contribution in [-0.4, -0.2) is 18.9 Å². The molecule has 0 spiro atoms. The van der Waals surface area contributed by atoms with Crippen molar-refractivity contribution in [3.05, 3.63) is 33.8 Å². The number of benzene rings is 1. The fourth-order valence-corrected chi connectivity index (χ4v) is 2.93. The number of ketones is 1. The molecule has 0 saturated heterocycles. The predicted molar refractivity (Wildman–Crippen MR) is 72.2 cm³/mol. The number of rotatable bonds is 4. The summed E-state index contributed by atoms with van der Waals surface area (Å²) in [5.74, 6) is -0.337. The van der Waals surface area contributed by atoms with Gasteiger partial charge >= 0.3 is 5.97 Å². The van der Waals surface area contributed by atoms with Crippen LogP contribution in [0.1, 0.15) is 22.9 Å². The van der Waals surface area contributed by atoms with Crippen LogP contribution in [-0.2, 0) is 20.7 Å². The molecule has 0 radical (unpaired) electrons. The molecule has 92 valence electrons. The van der Waals surface area contributed by atoms with Gasteiger partial charge in [-0.25, -0.2) is 0 Å². The fraction of sp³-hybridized carbons (Fsp3) is 0.333. The van der Waals surface area contributed by atoms with Crippen molar-refractivity contribution in [1.29, 1.82) is 0 Å². The number of alkyl halides is 1. The normalized spacial score (nSPS) is 12.0. The molecule has 1 atom stereocenters. The summed E-state index contributed by atoms with van der Waals surface area (Å²) in [4.78, 5) is 22.3. The van der Waals surface area contributed by atoms with Crippen molar-refractivity contribution >= 4 is 43.6 Å². The minimum atomic E-state index is -0.419. The lowest BCUT2D eigenvalue weighted by molar-refractivity contribution is -0.139. The lowest BCUT2D eigenvalue weighted by atomic mass is 10.0. The number of methoxy groups -OCH3 is 1. The van der Waals surface area contributed by atoms with Crippen LogP contribution in [0.25, 0.3) is 0 Å². The summed E-state index contributed by atoms with van der Waals surface area (Å²) in [6.45, 7) is 1.50. The molecular weight excluding hydrogens is 352 g/mol. The largest absolute Gasteiger partial charge is 0.469 e. The Morgan fingerprint density at radius 1 is 1.41 bits per heavy atom. The molecule has 0 bridgehead atoms. The van der Waals surface area contributed by atoms with Gasteiger partial charge in [0.1, 0.15) is 5.78 Å². The molecule has 1 rings (SSSR count). The van der Waals surface area contributed by atoms with Gasteiger partial charge in [-0.1, -0.05) is 44.0 Å². The lowest BCUT2D eigenvalue weighted by Crippen LogP contribution is -2.11. The molecule has 5 heteroatoms. The first-order chi connectivity index (χ1) is 7.97. The van der Waals surface area contributed by atoms with Gasteiger partial charge in [0.15, 0.2) is 0 Å². The van der Waals surface area contributed by atoms with Crippen LogP contribution in [0.15, 0.2) is 22.7 Å². The van der Waals surface area contributed by atoms with Gasteiger partial charge in [0.25, 0.3) is 0 Å². The summed E-state index contributed by atoms with van der Waals surface area (Å²) in [6.07, 6.45) is 0.153. The van der Waals surface area contributed by atoms with Crippen molar-refractivity contribution in [2.75, 3.05) is 7.11 Å². The van der Waals surface area contributed by atoms with E-state index in [0.717, 1.165) is 15.6 Å². The number of carbonyl (C=O) groups is 2. The number of hydrogen-bond donors (Lipinski definition) is 0. The first-order valence-corrected chi connectivity index (χ1v) is 6.66. The molecule has 0 fully saturated rings. The third kappa shape index (κ3) is 3.64. The Morgan fingerprint density at radius 3 is 2.59 bits per heavy atom. The zero-order valence-electron chi connectivity index (χ0n) is 9.50. The molecule has 3 nitrogen and oxygen atoms in total. The van der Waals surface area contributed by atoms with E-state index in [2.05, 4.69) is 36.6 Å². The van der Waals surface area contributed by atoms with Crippen LogP contribution in [0.4, 0.5) is 0 Å². The Kier molecular flexibility index (Phi) is 5.33. The van der Waals surface area contributed by atoms with Gasteiger partial charge < -0.3 is 4.74 Å². The highest BCUT2D eigenvalue weighted by molar-refractivity contribution is 9.11. The van der Waals surface area contributed by atoms with E-state index in [1.165, 1.54) is 14.0 Å². The summed E-state index contributed by atoms with van der Waals surface area (Å²) >= 11 is 6.73. The highest BCUT2D eigenvalue weighted by Crippen LogP contribution is 2.33. The number of hydrogen-bond acceptors (Lipinski definition) is 3. The van der Waals surface area contributed by atoms with Gasteiger partial charge in [-0.15, -0.1) is 0 Å². The van der Waals surface area contributed by atoms with Gasteiger partial charge in [0, 0.05) is 4.47 Å². The zero-order valence-corrected chi connectivity index (χ0v) is 12.7. The Hall–Kier alpha value is -0.680. The third-order valence-corrected chi connectivity index (χ3v) is 4.11. The topological polar surface area (TPSA) is 43.4 Å². The fourth-order valence-electron chi connectivity index (χ4n) is 1.45. The van der Waals surface area contributed by atoms with Crippen molar-refractivity contribution in [3.63, 3.8) is 0 Å². The van der Waals surface area contributed by atoms with Crippen LogP contribution in [0.2, 0.25) is 0 Å². The smallest absolute Gasteiger partial charge is 0.309 e. The van der Waals surface area contributed by atoms with E-state index in [0.29, 0.717) is 0 Å². The van der Waals surface area contributed by atoms with Crippen molar-refractivity contribution in [3.8, 4) is 0 Å². The summed E-state index contributed by atoms with van der Waals surface area (Å²) in [5.41, 5.74) is 1.56. The number of esters is 1. The molecule has 0 N–H and O–H groups in total. The number of Topliss-reactive ketones (excluding diaryl/α,β-unsaturated/α-hetero) is 1. The molecule has 1 unspecified atom stereocenters. The second kappa shape index (κ2) is 6.31. The number of ether oxygens (including phenoxy) is 1. The van der Waals surface area contributed by atoms with Crippen molar-refractivity contribution in [2.45, 2.75) is 18.2 Å². The molecule has 0 aliphatic heterocycles. The van der Waals surface area contributed by atoms with Crippen LogP contribution in [0.5, 0.6) is 0 Å². The molecule has 17 heavy (non-hydrogen) atoms. The van der Waals surface area contributed by atoms with Crippen molar-refractivity contribution in [2.24, 2.45) is 0 Å². The van der Waals surface area contributed by atoms with E-state index in [9.17, 15) is 9.59 Å². The Balaban J connectivity index is 3.17. The van der Waals surface area contributed by atoms with Gasteiger partial charge in [-0.05, 0) is 24.1 Å². The van der Waals surface area contributed by atoms with Gasteiger partial charge in [-0.3, -0.25) is 9.59 Å². The molecule has 0 aliphatic carbocycles. The average Bonchev–Trinajstić information content (AvgIpc) is 2.28. The molecule has 0 heterocycles. The van der Waals surface area contributed by atoms with E-state index < -0.39 is 4.83 Å². The predicted octanol–water partition coefficient (Wildman–Crippen LogP) is 3.19. The maximum absolute atomic E-state index is 11.4. The molecular formula is C12H12Br2O3. The SMILES string of the molecule is COC(=O)Cc1cccc(Br)c1C(Br)C(C)=O. The molecule has 0 aromatic heterocycles. The van der Waals surface area contributed by atoms with Crippen LogP contribution in [0, 0.1) is 0 Å². The van der Waals surface area contributed by atoms with E-state index >= 15 is 0 Å². The first-order valence-electron chi connectivity index (χ1n) is 4.96. The second-order valence-electron chi connectivity index (χ2n) is 3.54. The maximum Gasteiger partial charge on any atom is 0.309 e. The molecule has 0 amide bonds. The van der Waals surface area contributed by atoms with Crippen LogP contribution >= 0.6 is 31.9 Å². The van der Waals surface area contributed by atoms with Gasteiger partial charge in [-0.2, -0.15) is 0 Å². The number of halogens is 2. The van der Waals surface area contributed by atoms with E-state index in [1.54, 1.807) is 0 Å². The third-order valence-electron chi connectivity index (χ3n) is 2.32. The van der Waals surface area contributed by atoms with Crippen LogP contribution in [0.3, 0.4) is 0 Å². The summed E-state index contributed by atoms with van der Waals surface area (Å²) in [6, 6.07) is 5.48. The minimum Gasteiger partial charge on any atom is -0.469 e. The summed E-state index contributed by atoms with van der Waals surface area (Å²) in [7, 11) is 1.34. The lowest BCUT2D eigenvalue weighted by Gasteiger charge is -2.14. The van der Waals surface area contributed by atoms with Crippen LogP contribution < -0.4 is 0 Å². The first kappa shape index (κ1) is 14.4. The van der Waals surface area contributed by atoms with Gasteiger partial charge in [0.05, 0.1) is 18.4 Å². The molecule has 0 saturated carbocycles. The van der Waals surface area contributed by atoms with E-state index in [-0.39, 0.29) is 18.2 Å². The average molecular weight is 364 g/mol. The highest BCUT2D eigenvalue weighted by atomic mass is 79.9. The summed E-state index contributed by atoms with van der Waals surface area (Å²) in [5, 5.41) is 0. The molecule has 1 aromatic rings. The Bertz CT molecular complexity index is 443. The van der Waals surface area contributed by atoms with Crippen molar-refractivity contribution in [1.82, 2.24) is 0 Å². The van der Waals surface area contributed by atoms with E-state index in [1.807, 2.05) is 18.2 Å². The minimum absolute atomic E-state index is 0.0111. The number of carbonyl (C=O) groups excluding carboxylic acids is 2. The quantitative estimate of drug-likeness (QED) is 0.609. The Morgan fingerprint density at radius 2 is 2.06 bits per heavy atom. The summed E-state index contributed by atoms with van der Waals surface area (Å²) < 4.78 is 5.44. The second-order valence-corrected chi connectivity index (χ2v) is 5.31. The maximum atomic E-state index is 11.4. The highest BCUT2D eigenvalue weighted by Gasteiger charge is 2.20. The standard InChI is InChI=1S/C12H12Br2O3/c1-7(15)12(14)11-8(6-10(16)17-2)4-3-5-9(11)13/h3-5,12H,6H2,1-2H3. The van der Waals surface area contributed by atoms with Crippen molar-refractivity contribution < 1.29 is 14.3 Å². The molecule has 0 aliphatic rings.